The predicted octanol–water partition coefficient (Wildman–Crippen LogP) is 1.46. The van der Waals surface area contributed by atoms with Crippen LogP contribution in [0.2, 0.25) is 0 Å². The number of hydrogen-bond acceptors (Lipinski definition) is 4. The smallest absolute Gasteiger partial charge is 0.257 e. The number of rotatable bonds is 1. The average molecular weight is 217 g/mol. The first-order valence-electron chi connectivity index (χ1n) is 4.76. The van der Waals surface area contributed by atoms with Gasteiger partial charge < -0.3 is 5.32 Å². The van der Waals surface area contributed by atoms with E-state index in [9.17, 15) is 4.39 Å². The third-order valence-corrected chi connectivity index (χ3v) is 2.45. The summed E-state index contributed by atoms with van der Waals surface area (Å²) >= 11 is 0. The molecule has 0 unspecified atom stereocenters. The van der Waals surface area contributed by atoms with Crippen molar-refractivity contribution in [3.63, 3.8) is 0 Å². The molecule has 2 heterocycles. The van der Waals surface area contributed by atoms with E-state index in [4.69, 9.17) is 0 Å². The number of nitrogens with one attached hydrogen (secondary N) is 1. The summed E-state index contributed by atoms with van der Waals surface area (Å²) in [5, 5.41) is 11.3. The van der Waals surface area contributed by atoms with Crippen LogP contribution in [0, 0.1) is 5.82 Å². The molecule has 1 aromatic carbocycles. The lowest BCUT2D eigenvalue weighted by molar-refractivity contribution is 0.629. The van der Waals surface area contributed by atoms with Gasteiger partial charge in [0.1, 0.15) is 18.0 Å². The molecule has 2 aromatic heterocycles. The zero-order valence-corrected chi connectivity index (χ0v) is 8.48. The second kappa shape index (κ2) is 3.13. The Labute approximate surface area is 89.9 Å². The Bertz CT molecular complexity index is 675. The monoisotopic (exact) mass is 217 g/mol. The molecule has 3 aromatic rings. The summed E-state index contributed by atoms with van der Waals surface area (Å²) in [6.45, 7) is 0. The molecule has 0 fully saturated rings. The molecular formula is C10H8FN5. The van der Waals surface area contributed by atoms with E-state index < -0.39 is 0 Å². The quantitative estimate of drug-likeness (QED) is 0.670. The average Bonchev–Trinajstić information content (AvgIpc) is 2.75. The van der Waals surface area contributed by atoms with Crippen molar-refractivity contribution in [1.29, 1.82) is 0 Å². The number of benzene rings is 1. The highest BCUT2D eigenvalue weighted by atomic mass is 19.1. The Morgan fingerprint density at radius 3 is 3.06 bits per heavy atom. The molecule has 0 bridgehead atoms. The lowest BCUT2D eigenvalue weighted by Crippen LogP contribution is -1.99. The number of halogens is 1. The van der Waals surface area contributed by atoms with E-state index in [0.717, 1.165) is 5.52 Å². The van der Waals surface area contributed by atoms with E-state index in [0.29, 0.717) is 17.0 Å². The van der Waals surface area contributed by atoms with Gasteiger partial charge in [-0.05, 0) is 18.2 Å². The Morgan fingerprint density at radius 1 is 1.38 bits per heavy atom. The molecule has 0 radical (unpaired) electrons. The minimum Gasteiger partial charge on any atom is -0.372 e. The Balaban J connectivity index is 2.55. The van der Waals surface area contributed by atoms with E-state index in [2.05, 4.69) is 20.5 Å². The van der Waals surface area contributed by atoms with Gasteiger partial charge in [-0.3, -0.25) is 4.40 Å². The summed E-state index contributed by atoms with van der Waals surface area (Å²) in [4.78, 5) is 4.23. The van der Waals surface area contributed by atoms with Crippen LogP contribution in [-0.2, 0) is 0 Å². The SMILES string of the molecule is CNc1nc2nncn2c2ccc(F)cc12. The summed E-state index contributed by atoms with van der Waals surface area (Å²) in [5.41, 5.74) is 0.820. The molecule has 0 aliphatic rings. The molecule has 0 saturated heterocycles. The summed E-state index contributed by atoms with van der Waals surface area (Å²) < 4.78 is 14.9. The van der Waals surface area contributed by atoms with Gasteiger partial charge in [-0.25, -0.2) is 4.39 Å². The molecule has 80 valence electrons. The van der Waals surface area contributed by atoms with Gasteiger partial charge >= 0.3 is 0 Å². The van der Waals surface area contributed by atoms with Crippen molar-refractivity contribution in [2.75, 3.05) is 12.4 Å². The topological polar surface area (TPSA) is 55.1 Å². The van der Waals surface area contributed by atoms with Crippen molar-refractivity contribution in [3.8, 4) is 0 Å². The van der Waals surface area contributed by atoms with Crippen molar-refractivity contribution < 1.29 is 4.39 Å². The number of anilines is 1. The summed E-state index contributed by atoms with van der Waals surface area (Å²) in [6, 6.07) is 4.53. The molecule has 1 N–H and O–H groups in total. The lowest BCUT2D eigenvalue weighted by Gasteiger charge is -2.06. The highest BCUT2D eigenvalue weighted by molar-refractivity contribution is 5.90. The standard InChI is InChI=1S/C10H8FN5/c1-12-9-7-4-6(11)2-3-8(7)16-5-13-15-10(16)14-9/h2-5H,1H3,(H,12,14,15). The van der Waals surface area contributed by atoms with Crippen molar-refractivity contribution in [2.45, 2.75) is 0 Å². The Morgan fingerprint density at radius 2 is 2.25 bits per heavy atom. The van der Waals surface area contributed by atoms with Crippen LogP contribution >= 0.6 is 0 Å². The van der Waals surface area contributed by atoms with E-state index in [1.165, 1.54) is 12.1 Å². The molecule has 0 aliphatic carbocycles. The maximum absolute atomic E-state index is 13.2. The van der Waals surface area contributed by atoms with E-state index in [-0.39, 0.29) is 5.82 Å². The van der Waals surface area contributed by atoms with Crippen LogP contribution in [0.25, 0.3) is 16.7 Å². The van der Waals surface area contributed by atoms with Crippen molar-refractivity contribution in [1.82, 2.24) is 19.6 Å². The molecule has 0 aliphatic heterocycles. The summed E-state index contributed by atoms with van der Waals surface area (Å²) in [5.74, 6) is 0.789. The molecule has 0 saturated carbocycles. The first-order chi connectivity index (χ1) is 7.79. The summed E-state index contributed by atoms with van der Waals surface area (Å²) in [7, 11) is 1.74. The number of fused-ring (bicyclic) bond motifs is 3. The van der Waals surface area contributed by atoms with Gasteiger partial charge in [-0.2, -0.15) is 4.98 Å². The third kappa shape index (κ3) is 1.13. The van der Waals surface area contributed by atoms with Crippen LogP contribution in [0.1, 0.15) is 0 Å². The maximum Gasteiger partial charge on any atom is 0.257 e. The molecule has 0 atom stereocenters. The van der Waals surface area contributed by atoms with Gasteiger partial charge in [0, 0.05) is 12.4 Å². The van der Waals surface area contributed by atoms with Crippen LogP contribution in [0.3, 0.4) is 0 Å². The molecule has 5 nitrogen and oxygen atoms in total. The summed E-state index contributed by atoms with van der Waals surface area (Å²) in [6.07, 6.45) is 1.56. The molecule has 16 heavy (non-hydrogen) atoms. The predicted molar refractivity (Wildman–Crippen MR) is 57.8 cm³/mol. The number of nitrogens with zero attached hydrogens (tertiary/aromatic N) is 4. The number of hydrogen-bond donors (Lipinski definition) is 1. The van der Waals surface area contributed by atoms with Crippen LogP contribution in [0.15, 0.2) is 24.5 Å². The van der Waals surface area contributed by atoms with E-state index in [1.54, 1.807) is 23.8 Å². The zero-order valence-electron chi connectivity index (χ0n) is 8.48. The largest absolute Gasteiger partial charge is 0.372 e. The van der Waals surface area contributed by atoms with Gasteiger partial charge in [0.15, 0.2) is 0 Å². The highest BCUT2D eigenvalue weighted by Gasteiger charge is 2.08. The second-order valence-corrected chi connectivity index (χ2v) is 3.37. The fourth-order valence-corrected chi connectivity index (χ4v) is 1.73. The first-order valence-corrected chi connectivity index (χ1v) is 4.76. The number of aromatic nitrogens is 4. The fourth-order valence-electron chi connectivity index (χ4n) is 1.73. The lowest BCUT2D eigenvalue weighted by atomic mass is 10.2. The van der Waals surface area contributed by atoms with Crippen molar-refractivity contribution in [2.24, 2.45) is 0 Å². The van der Waals surface area contributed by atoms with Gasteiger partial charge in [0.2, 0.25) is 0 Å². The van der Waals surface area contributed by atoms with Crippen LogP contribution < -0.4 is 5.32 Å². The van der Waals surface area contributed by atoms with Gasteiger partial charge in [-0.1, -0.05) is 0 Å². The van der Waals surface area contributed by atoms with E-state index >= 15 is 0 Å². The fraction of sp³-hybridized carbons (Fsp3) is 0.100. The third-order valence-electron chi connectivity index (χ3n) is 2.45. The van der Waals surface area contributed by atoms with Crippen LogP contribution in [0.5, 0.6) is 0 Å². The molecule has 3 rings (SSSR count). The normalized spacial score (nSPS) is 11.1. The van der Waals surface area contributed by atoms with Crippen LogP contribution in [0.4, 0.5) is 10.2 Å². The highest BCUT2D eigenvalue weighted by Crippen LogP contribution is 2.22. The second-order valence-electron chi connectivity index (χ2n) is 3.37. The minimum absolute atomic E-state index is 0.293. The van der Waals surface area contributed by atoms with Crippen molar-refractivity contribution >= 4 is 22.5 Å². The molecule has 0 amide bonds. The van der Waals surface area contributed by atoms with Gasteiger partial charge in [-0.15, -0.1) is 10.2 Å². The molecular weight excluding hydrogens is 209 g/mol. The first kappa shape index (κ1) is 9.02. The van der Waals surface area contributed by atoms with Crippen molar-refractivity contribution in [3.05, 3.63) is 30.3 Å². The minimum atomic E-state index is -0.293. The molecule has 0 spiro atoms. The molecule has 6 heteroatoms. The maximum atomic E-state index is 13.2. The zero-order chi connectivity index (χ0) is 11.1. The van der Waals surface area contributed by atoms with Gasteiger partial charge in [0.25, 0.3) is 5.78 Å². The van der Waals surface area contributed by atoms with Crippen LogP contribution in [-0.4, -0.2) is 26.6 Å². The Kier molecular flexibility index (Phi) is 1.76. The van der Waals surface area contributed by atoms with Gasteiger partial charge in [0.05, 0.1) is 5.52 Å². The Hall–Kier alpha value is -2.24. The van der Waals surface area contributed by atoms with E-state index in [1.807, 2.05) is 0 Å².